The summed E-state index contributed by atoms with van der Waals surface area (Å²) in [7, 11) is 0. The normalized spacial score (nSPS) is 10.4. The van der Waals surface area contributed by atoms with Crippen molar-refractivity contribution in [1.82, 2.24) is 9.55 Å². The van der Waals surface area contributed by atoms with Crippen LogP contribution in [0.3, 0.4) is 0 Å². The fourth-order valence-electron chi connectivity index (χ4n) is 1.80. The highest BCUT2D eigenvalue weighted by Crippen LogP contribution is 2.07. The van der Waals surface area contributed by atoms with Gasteiger partial charge in [-0.05, 0) is 12.1 Å². The molecular formula is C13H12N2O5. The van der Waals surface area contributed by atoms with Crippen LogP contribution in [0.2, 0.25) is 0 Å². The highest BCUT2D eigenvalue weighted by molar-refractivity contribution is 5.89. The predicted molar refractivity (Wildman–Crippen MR) is 70.7 cm³/mol. The number of hydrogen-bond acceptors (Lipinski definition) is 5. The Balaban J connectivity index is 2.45. The van der Waals surface area contributed by atoms with Crippen molar-refractivity contribution < 1.29 is 14.3 Å². The molecule has 0 radical (unpaired) electrons. The zero-order chi connectivity index (χ0) is 14.7. The molecule has 1 aromatic carbocycles. The van der Waals surface area contributed by atoms with E-state index >= 15 is 0 Å². The molecule has 1 aromatic heterocycles. The van der Waals surface area contributed by atoms with Gasteiger partial charge in [0.15, 0.2) is 0 Å². The number of aromatic amines is 1. The number of ether oxygens (including phenoxy) is 1. The van der Waals surface area contributed by atoms with Gasteiger partial charge in [-0.1, -0.05) is 12.1 Å². The van der Waals surface area contributed by atoms with E-state index in [0.717, 1.165) is 4.57 Å². The largest absolute Gasteiger partial charge is 0.465 e. The topological polar surface area (TPSA) is 98.2 Å². The van der Waals surface area contributed by atoms with Gasteiger partial charge >= 0.3 is 17.1 Å². The van der Waals surface area contributed by atoms with Crippen LogP contribution in [0.4, 0.5) is 0 Å². The van der Waals surface area contributed by atoms with E-state index in [9.17, 15) is 19.2 Å². The van der Waals surface area contributed by atoms with Gasteiger partial charge in [-0.25, -0.2) is 4.57 Å². The Morgan fingerprint density at radius 1 is 1.25 bits per heavy atom. The number of hydrogen-bond donors (Lipinski definition) is 1. The maximum absolute atomic E-state index is 12.0. The first-order chi connectivity index (χ1) is 9.50. The minimum Gasteiger partial charge on any atom is -0.465 e. The number of aromatic nitrogens is 2. The summed E-state index contributed by atoms with van der Waals surface area (Å²) in [6.07, 6.45) is -0.174. The number of para-hydroxylation sites is 2. The molecule has 0 amide bonds. The number of rotatable bonds is 3. The van der Waals surface area contributed by atoms with Crippen LogP contribution in [0.25, 0.3) is 11.0 Å². The summed E-state index contributed by atoms with van der Waals surface area (Å²) in [4.78, 5) is 48.4. The number of nitrogens with one attached hydrogen (secondary N) is 1. The molecule has 0 saturated carbocycles. The van der Waals surface area contributed by atoms with Crippen molar-refractivity contribution in [2.24, 2.45) is 0 Å². The first-order valence-corrected chi connectivity index (χ1v) is 5.91. The molecule has 1 N–H and O–H groups in total. The van der Waals surface area contributed by atoms with Crippen LogP contribution in [0.15, 0.2) is 33.9 Å². The maximum Gasteiger partial charge on any atom is 0.323 e. The molecule has 0 saturated heterocycles. The Morgan fingerprint density at radius 2 is 1.95 bits per heavy atom. The van der Waals surface area contributed by atoms with Crippen molar-refractivity contribution in [2.75, 3.05) is 6.61 Å². The van der Waals surface area contributed by atoms with Crippen LogP contribution >= 0.6 is 0 Å². The fraction of sp³-hybridized carbons (Fsp3) is 0.231. The van der Waals surface area contributed by atoms with Gasteiger partial charge < -0.3 is 9.72 Å². The van der Waals surface area contributed by atoms with Crippen LogP contribution in [0, 0.1) is 0 Å². The van der Waals surface area contributed by atoms with E-state index in [4.69, 9.17) is 0 Å². The van der Waals surface area contributed by atoms with Crippen molar-refractivity contribution in [3.8, 4) is 0 Å². The molecule has 0 atom stereocenters. The molecule has 1 heterocycles. The second kappa shape index (κ2) is 5.52. The standard InChI is InChI=1S/C13H12N2O5/c1-8(16)20-7-6-11(17)15-10-5-3-2-4-9(10)14-12(18)13(15)19/h2-5H,6-7H2,1H3,(H,14,18). The van der Waals surface area contributed by atoms with Gasteiger partial charge in [-0.3, -0.25) is 19.2 Å². The minimum absolute atomic E-state index is 0.137. The zero-order valence-electron chi connectivity index (χ0n) is 10.7. The summed E-state index contributed by atoms with van der Waals surface area (Å²) in [5.74, 6) is -1.11. The van der Waals surface area contributed by atoms with Crippen molar-refractivity contribution in [2.45, 2.75) is 13.3 Å². The molecule has 0 spiro atoms. The first-order valence-electron chi connectivity index (χ1n) is 5.91. The number of benzene rings is 1. The highest BCUT2D eigenvalue weighted by atomic mass is 16.5. The van der Waals surface area contributed by atoms with Crippen LogP contribution in [-0.2, 0) is 9.53 Å². The molecule has 20 heavy (non-hydrogen) atoms. The molecule has 0 fully saturated rings. The summed E-state index contributed by atoms with van der Waals surface area (Å²) in [6.45, 7) is 1.08. The Morgan fingerprint density at radius 3 is 2.65 bits per heavy atom. The molecule has 0 unspecified atom stereocenters. The second-order valence-electron chi connectivity index (χ2n) is 4.10. The minimum atomic E-state index is -0.948. The number of esters is 1. The van der Waals surface area contributed by atoms with E-state index in [-0.39, 0.29) is 13.0 Å². The quantitative estimate of drug-likeness (QED) is 0.641. The lowest BCUT2D eigenvalue weighted by Crippen LogP contribution is -2.39. The summed E-state index contributed by atoms with van der Waals surface area (Å²) < 4.78 is 5.46. The van der Waals surface area contributed by atoms with Gasteiger partial charge in [0.05, 0.1) is 17.5 Å². The lowest BCUT2D eigenvalue weighted by Gasteiger charge is -2.08. The van der Waals surface area contributed by atoms with Crippen molar-refractivity contribution in [3.63, 3.8) is 0 Å². The van der Waals surface area contributed by atoms with E-state index in [1.165, 1.54) is 6.92 Å². The molecule has 7 nitrogen and oxygen atoms in total. The number of carbonyl (C=O) groups excluding carboxylic acids is 2. The molecule has 0 aliphatic heterocycles. The lowest BCUT2D eigenvalue weighted by atomic mass is 10.3. The molecule has 104 valence electrons. The van der Waals surface area contributed by atoms with Crippen LogP contribution < -0.4 is 11.1 Å². The smallest absolute Gasteiger partial charge is 0.323 e. The van der Waals surface area contributed by atoms with E-state index in [1.807, 2.05) is 0 Å². The molecule has 2 rings (SSSR count). The molecule has 0 bridgehead atoms. The third-order valence-electron chi connectivity index (χ3n) is 2.66. The van der Waals surface area contributed by atoms with Gasteiger partial charge in [-0.15, -0.1) is 0 Å². The monoisotopic (exact) mass is 276 g/mol. The third-order valence-corrected chi connectivity index (χ3v) is 2.66. The Kier molecular flexibility index (Phi) is 3.79. The lowest BCUT2D eigenvalue weighted by molar-refractivity contribution is -0.140. The molecular weight excluding hydrogens is 264 g/mol. The third kappa shape index (κ3) is 2.66. The summed E-state index contributed by atoms with van der Waals surface area (Å²) in [5.41, 5.74) is -1.12. The number of nitrogens with zero attached hydrogens (tertiary/aromatic N) is 1. The predicted octanol–water partition coefficient (Wildman–Crippen LogP) is 0.283. The number of fused-ring (bicyclic) bond motifs is 1. The van der Waals surface area contributed by atoms with Gasteiger partial charge in [0, 0.05) is 6.92 Å². The van der Waals surface area contributed by atoms with Gasteiger partial charge in [0.2, 0.25) is 5.91 Å². The van der Waals surface area contributed by atoms with Crippen LogP contribution in [0.5, 0.6) is 0 Å². The van der Waals surface area contributed by atoms with Crippen LogP contribution in [-0.4, -0.2) is 28.0 Å². The second-order valence-corrected chi connectivity index (χ2v) is 4.10. The number of H-pyrrole nitrogens is 1. The molecule has 0 aliphatic rings. The Bertz CT molecular complexity index is 787. The van der Waals surface area contributed by atoms with Crippen molar-refractivity contribution in [3.05, 3.63) is 45.0 Å². The average molecular weight is 276 g/mol. The summed E-state index contributed by atoms with van der Waals surface area (Å²) in [5, 5.41) is 0. The van der Waals surface area contributed by atoms with Gasteiger partial charge in [-0.2, -0.15) is 0 Å². The van der Waals surface area contributed by atoms with Crippen LogP contribution in [0.1, 0.15) is 18.1 Å². The molecule has 0 aliphatic carbocycles. The summed E-state index contributed by atoms with van der Waals surface area (Å²) in [6, 6.07) is 6.47. The van der Waals surface area contributed by atoms with E-state index in [2.05, 4.69) is 9.72 Å². The molecule has 2 aromatic rings. The fourth-order valence-corrected chi connectivity index (χ4v) is 1.80. The Labute approximate surface area is 112 Å². The van der Waals surface area contributed by atoms with Gasteiger partial charge in [0.25, 0.3) is 0 Å². The maximum atomic E-state index is 12.0. The zero-order valence-corrected chi connectivity index (χ0v) is 10.7. The highest BCUT2D eigenvalue weighted by Gasteiger charge is 2.14. The SMILES string of the molecule is CC(=O)OCCC(=O)n1c(=O)c(=O)[nH]c2ccccc21. The van der Waals surface area contributed by atoms with Gasteiger partial charge in [0.1, 0.15) is 6.61 Å². The van der Waals surface area contributed by atoms with E-state index < -0.39 is 23.0 Å². The Hall–Kier alpha value is -2.70. The van der Waals surface area contributed by atoms with Crippen molar-refractivity contribution >= 4 is 22.9 Å². The first kappa shape index (κ1) is 13.7. The van der Waals surface area contributed by atoms with E-state index in [0.29, 0.717) is 11.0 Å². The molecule has 7 heteroatoms. The summed E-state index contributed by atoms with van der Waals surface area (Å²) >= 11 is 0. The average Bonchev–Trinajstić information content (AvgIpc) is 2.39. The van der Waals surface area contributed by atoms with E-state index in [1.54, 1.807) is 24.3 Å². The number of carbonyl (C=O) groups is 2. The van der Waals surface area contributed by atoms with Crippen molar-refractivity contribution in [1.29, 1.82) is 0 Å².